The van der Waals surface area contributed by atoms with E-state index in [-0.39, 0.29) is 23.0 Å². The number of nitrogens with zero attached hydrogens (tertiary/aromatic N) is 5. The van der Waals surface area contributed by atoms with E-state index in [0.717, 1.165) is 22.0 Å². The maximum absolute atomic E-state index is 14.1. The Labute approximate surface area is 193 Å². The molecule has 0 fully saturated rings. The number of aromatic nitrogens is 4. The average molecular weight is 451 g/mol. The Kier molecular flexibility index (Phi) is 4.91. The van der Waals surface area contributed by atoms with Crippen LogP contribution in [0, 0.1) is 24.1 Å². The molecular formula is C25H18FN7O. The number of nitrogen functional groups attached to an aromatic ring is 1. The Bertz CT molecular complexity index is 1670. The van der Waals surface area contributed by atoms with E-state index in [4.69, 9.17) is 5.73 Å². The molecule has 0 saturated heterocycles. The van der Waals surface area contributed by atoms with E-state index in [1.54, 1.807) is 16.8 Å². The molecule has 8 nitrogen and oxygen atoms in total. The number of nitrogens with one attached hydrogen (secondary N) is 1. The number of imidazole rings is 1. The molecule has 3 N–H and O–H groups in total. The van der Waals surface area contributed by atoms with E-state index in [2.05, 4.69) is 20.3 Å². The predicted octanol–water partition coefficient (Wildman–Crippen LogP) is 3.87. The van der Waals surface area contributed by atoms with Gasteiger partial charge in [-0.2, -0.15) is 5.26 Å². The molecule has 3 aromatic heterocycles. The molecule has 0 aliphatic heterocycles. The van der Waals surface area contributed by atoms with Crippen molar-refractivity contribution in [3.05, 3.63) is 77.5 Å². The molecule has 9 heteroatoms. The minimum Gasteiger partial charge on any atom is -0.381 e. The van der Waals surface area contributed by atoms with Crippen molar-refractivity contribution < 1.29 is 9.18 Å². The van der Waals surface area contributed by atoms with Crippen molar-refractivity contribution in [2.45, 2.75) is 6.92 Å². The van der Waals surface area contributed by atoms with E-state index in [9.17, 15) is 14.4 Å². The number of hydrogen-bond donors (Lipinski definition) is 2. The molecule has 1 amide bonds. The van der Waals surface area contributed by atoms with Crippen LogP contribution >= 0.6 is 0 Å². The maximum Gasteiger partial charge on any atom is 0.271 e. The van der Waals surface area contributed by atoms with Gasteiger partial charge in [-0.1, -0.05) is 6.07 Å². The number of benzene rings is 2. The predicted molar refractivity (Wildman–Crippen MR) is 126 cm³/mol. The zero-order valence-electron chi connectivity index (χ0n) is 18.3. The van der Waals surface area contributed by atoms with Gasteiger partial charge < -0.3 is 11.1 Å². The van der Waals surface area contributed by atoms with E-state index < -0.39 is 5.82 Å². The number of nitrogens with two attached hydrogens (primary N) is 1. The lowest BCUT2D eigenvalue weighted by Crippen LogP contribution is -2.17. The monoisotopic (exact) mass is 451 g/mol. The molecule has 0 bridgehead atoms. The van der Waals surface area contributed by atoms with Crippen LogP contribution in [0.1, 0.15) is 21.6 Å². The molecule has 0 aliphatic rings. The third-order valence-corrected chi connectivity index (χ3v) is 5.69. The van der Waals surface area contributed by atoms with Gasteiger partial charge >= 0.3 is 0 Å². The fourth-order valence-corrected chi connectivity index (χ4v) is 3.97. The topological polar surface area (TPSA) is 122 Å². The van der Waals surface area contributed by atoms with Crippen molar-refractivity contribution in [2.75, 3.05) is 12.8 Å². The molecule has 2 aromatic carbocycles. The van der Waals surface area contributed by atoms with Gasteiger partial charge in [0.25, 0.3) is 5.91 Å². The fourth-order valence-electron chi connectivity index (χ4n) is 3.97. The minimum atomic E-state index is -0.626. The summed E-state index contributed by atoms with van der Waals surface area (Å²) >= 11 is 0. The number of carbonyl (C=O) groups is 1. The summed E-state index contributed by atoms with van der Waals surface area (Å²) in [5.74, 6) is -0.906. The quantitative estimate of drug-likeness (QED) is 0.429. The molecule has 0 atom stereocenters. The van der Waals surface area contributed by atoms with Gasteiger partial charge in [0.15, 0.2) is 11.5 Å². The second-order valence-corrected chi connectivity index (χ2v) is 7.76. The number of aryl methyl sites for hydroxylation is 1. The highest BCUT2D eigenvalue weighted by atomic mass is 19.1. The second kappa shape index (κ2) is 7.94. The van der Waals surface area contributed by atoms with E-state index in [0.29, 0.717) is 22.6 Å². The van der Waals surface area contributed by atoms with Crippen LogP contribution in [0.3, 0.4) is 0 Å². The summed E-state index contributed by atoms with van der Waals surface area (Å²) in [6, 6.07) is 13.7. The lowest BCUT2D eigenvalue weighted by Gasteiger charge is -2.15. The molecule has 0 radical (unpaired) electrons. The first-order chi connectivity index (χ1) is 16.4. The summed E-state index contributed by atoms with van der Waals surface area (Å²) in [6.45, 7) is 1.99. The van der Waals surface area contributed by atoms with Crippen LogP contribution in [0.4, 0.5) is 10.2 Å². The summed E-state index contributed by atoms with van der Waals surface area (Å²) in [4.78, 5) is 25.7. The van der Waals surface area contributed by atoms with Crippen molar-refractivity contribution >= 4 is 28.3 Å². The van der Waals surface area contributed by atoms with E-state index in [1.165, 1.54) is 25.2 Å². The summed E-state index contributed by atoms with van der Waals surface area (Å²) < 4.78 is 15.8. The van der Waals surface area contributed by atoms with Crippen molar-refractivity contribution in [3.8, 4) is 28.6 Å². The van der Waals surface area contributed by atoms with E-state index >= 15 is 0 Å². The van der Waals surface area contributed by atoms with Crippen molar-refractivity contribution in [1.82, 2.24) is 24.7 Å². The number of halogens is 1. The second-order valence-electron chi connectivity index (χ2n) is 7.76. The summed E-state index contributed by atoms with van der Waals surface area (Å²) in [5.41, 5.74) is 10.7. The van der Waals surface area contributed by atoms with Gasteiger partial charge in [0, 0.05) is 36.0 Å². The summed E-state index contributed by atoms with van der Waals surface area (Å²) in [6.07, 6.45) is 3.33. The van der Waals surface area contributed by atoms with Crippen LogP contribution in [0.2, 0.25) is 0 Å². The molecule has 0 aliphatic carbocycles. The minimum absolute atomic E-state index is 0.0929. The molecule has 0 saturated carbocycles. The van der Waals surface area contributed by atoms with Crippen molar-refractivity contribution in [1.29, 1.82) is 5.26 Å². The number of rotatable bonds is 3. The maximum atomic E-state index is 14.1. The highest BCUT2D eigenvalue weighted by Crippen LogP contribution is 2.35. The van der Waals surface area contributed by atoms with Crippen molar-refractivity contribution in [3.63, 3.8) is 0 Å². The van der Waals surface area contributed by atoms with Gasteiger partial charge in [-0.3, -0.25) is 14.2 Å². The lowest BCUT2D eigenvalue weighted by molar-refractivity contribution is 0.0959. The molecule has 3 heterocycles. The Hall–Kier alpha value is -4.84. The van der Waals surface area contributed by atoms with Crippen LogP contribution in [0.25, 0.3) is 39.1 Å². The average Bonchev–Trinajstić information content (AvgIpc) is 3.30. The standard InChI is InChI=1S/C25H18FN7O/c1-13-7-8-30-19-6-4-15(10-17(13)19)22-21(14-3-5-18(26)16(9-14)11-27)32-23(28)24-31-20(12-33(22)24)25(34)29-2/h3-10,12H,1-2H3,(H2,28,32)(H,29,34). The smallest absolute Gasteiger partial charge is 0.271 e. The summed E-state index contributed by atoms with van der Waals surface area (Å²) in [7, 11) is 1.52. The molecule has 0 spiro atoms. The Morgan fingerprint density at radius 1 is 1.15 bits per heavy atom. The number of amides is 1. The number of anilines is 1. The highest BCUT2D eigenvalue weighted by Gasteiger charge is 2.21. The Morgan fingerprint density at radius 2 is 1.94 bits per heavy atom. The van der Waals surface area contributed by atoms with Gasteiger partial charge in [-0.15, -0.1) is 0 Å². The molecule has 5 rings (SSSR count). The molecule has 166 valence electrons. The Balaban J connectivity index is 1.89. The number of nitriles is 1. The zero-order chi connectivity index (χ0) is 24.0. The number of hydrogen-bond acceptors (Lipinski definition) is 6. The van der Waals surface area contributed by atoms with Crippen LogP contribution < -0.4 is 11.1 Å². The van der Waals surface area contributed by atoms with Crippen LogP contribution in [-0.2, 0) is 0 Å². The van der Waals surface area contributed by atoms with Gasteiger partial charge in [0.05, 0.1) is 22.5 Å². The first-order valence-corrected chi connectivity index (χ1v) is 10.4. The van der Waals surface area contributed by atoms with Gasteiger partial charge in [0.2, 0.25) is 0 Å². The van der Waals surface area contributed by atoms with Crippen LogP contribution in [-0.4, -0.2) is 32.3 Å². The molecule has 5 aromatic rings. The molecular weight excluding hydrogens is 433 g/mol. The normalized spacial score (nSPS) is 11.0. The highest BCUT2D eigenvalue weighted by molar-refractivity contribution is 5.95. The fraction of sp³-hybridized carbons (Fsp3) is 0.0800. The first-order valence-electron chi connectivity index (χ1n) is 10.4. The molecule has 34 heavy (non-hydrogen) atoms. The lowest BCUT2D eigenvalue weighted by atomic mass is 9.99. The van der Waals surface area contributed by atoms with Crippen LogP contribution in [0.15, 0.2) is 54.9 Å². The number of carbonyl (C=O) groups excluding carboxylic acids is 1. The summed E-state index contributed by atoms with van der Waals surface area (Å²) in [5, 5.41) is 12.8. The number of pyridine rings is 1. The number of fused-ring (bicyclic) bond motifs is 2. The third kappa shape index (κ3) is 3.29. The van der Waals surface area contributed by atoms with Crippen LogP contribution in [0.5, 0.6) is 0 Å². The van der Waals surface area contributed by atoms with Gasteiger partial charge in [0.1, 0.15) is 17.6 Å². The first kappa shape index (κ1) is 21.0. The van der Waals surface area contributed by atoms with Gasteiger partial charge in [-0.25, -0.2) is 14.4 Å². The molecule has 0 unspecified atom stereocenters. The SMILES string of the molecule is CNC(=O)c1cn2c(-c3ccc4nccc(C)c4c3)c(-c3ccc(F)c(C#N)c3)nc(N)c2n1. The largest absolute Gasteiger partial charge is 0.381 e. The van der Waals surface area contributed by atoms with Gasteiger partial charge in [-0.05, 0) is 48.9 Å². The Morgan fingerprint density at radius 3 is 2.71 bits per heavy atom. The van der Waals surface area contributed by atoms with Crippen molar-refractivity contribution in [2.24, 2.45) is 0 Å². The van der Waals surface area contributed by atoms with E-state index in [1.807, 2.05) is 37.3 Å². The third-order valence-electron chi connectivity index (χ3n) is 5.69. The zero-order valence-corrected chi connectivity index (χ0v) is 18.3.